The zero-order valence-electron chi connectivity index (χ0n) is 20.5. The van der Waals surface area contributed by atoms with Gasteiger partial charge >= 0.3 is 6.01 Å². The third-order valence-electron chi connectivity index (χ3n) is 6.13. The van der Waals surface area contributed by atoms with Crippen LogP contribution in [-0.2, 0) is 7.05 Å². The van der Waals surface area contributed by atoms with Gasteiger partial charge in [0.15, 0.2) is 5.82 Å². The van der Waals surface area contributed by atoms with Gasteiger partial charge in [0.25, 0.3) is 5.91 Å². The molecule has 0 saturated carbocycles. The minimum Gasteiger partial charge on any atom is -0.462 e. The largest absolute Gasteiger partial charge is 0.462 e. The SMILES string of the molecule is C[C@@H]1CN(c2ccc(C(=O)Nc3cc(F)c4nn(C)cc4c3)c3nc(OCCN)ncc23)C[C@H](C)N1. The van der Waals surface area contributed by atoms with E-state index in [0.29, 0.717) is 40.8 Å². The van der Waals surface area contributed by atoms with Crippen LogP contribution in [0.15, 0.2) is 36.7 Å². The van der Waals surface area contributed by atoms with Crippen molar-refractivity contribution in [1.29, 1.82) is 0 Å². The maximum Gasteiger partial charge on any atom is 0.316 e. The van der Waals surface area contributed by atoms with E-state index in [1.54, 1.807) is 31.6 Å². The van der Waals surface area contributed by atoms with Crippen molar-refractivity contribution in [3.63, 3.8) is 0 Å². The highest BCUT2D eigenvalue weighted by Gasteiger charge is 2.25. The normalized spacial score (nSPS) is 18.1. The van der Waals surface area contributed by atoms with Crippen LogP contribution in [0.25, 0.3) is 21.8 Å². The third-order valence-corrected chi connectivity index (χ3v) is 6.13. The summed E-state index contributed by atoms with van der Waals surface area (Å²) in [6, 6.07) is 7.35. The summed E-state index contributed by atoms with van der Waals surface area (Å²) in [4.78, 5) is 24.6. The van der Waals surface area contributed by atoms with Crippen LogP contribution in [-0.4, -0.2) is 64.0 Å². The highest BCUT2D eigenvalue weighted by atomic mass is 19.1. The van der Waals surface area contributed by atoms with Crippen LogP contribution in [0.1, 0.15) is 24.2 Å². The first-order chi connectivity index (χ1) is 17.3. The van der Waals surface area contributed by atoms with Crippen molar-refractivity contribution < 1.29 is 13.9 Å². The summed E-state index contributed by atoms with van der Waals surface area (Å²) in [5.41, 5.74) is 7.86. The predicted molar refractivity (Wildman–Crippen MR) is 137 cm³/mol. The van der Waals surface area contributed by atoms with E-state index in [9.17, 15) is 9.18 Å². The third kappa shape index (κ3) is 4.67. The number of piperazine rings is 1. The lowest BCUT2D eigenvalue weighted by molar-refractivity contribution is 0.102. The molecule has 188 valence electrons. The number of nitrogens with zero attached hydrogens (tertiary/aromatic N) is 5. The van der Waals surface area contributed by atoms with E-state index in [2.05, 4.69) is 44.4 Å². The molecule has 10 nitrogen and oxygen atoms in total. The molecular weight excluding hydrogens is 463 g/mol. The van der Waals surface area contributed by atoms with Crippen molar-refractivity contribution >= 4 is 39.1 Å². The average Bonchev–Trinajstić information content (AvgIpc) is 3.22. The van der Waals surface area contributed by atoms with Gasteiger partial charge in [-0.2, -0.15) is 10.1 Å². The Bertz CT molecular complexity index is 1430. The number of carbonyl (C=O) groups is 1. The molecule has 3 heterocycles. The second kappa shape index (κ2) is 9.67. The van der Waals surface area contributed by atoms with Crippen LogP contribution < -0.4 is 26.0 Å². The maximum absolute atomic E-state index is 14.6. The van der Waals surface area contributed by atoms with E-state index in [-0.39, 0.29) is 18.1 Å². The first-order valence-electron chi connectivity index (χ1n) is 11.9. The summed E-state index contributed by atoms with van der Waals surface area (Å²) in [7, 11) is 1.72. The number of anilines is 2. The molecule has 2 atom stereocenters. The van der Waals surface area contributed by atoms with Gasteiger partial charge in [-0.25, -0.2) is 9.37 Å². The quantitative estimate of drug-likeness (QED) is 0.375. The van der Waals surface area contributed by atoms with Crippen molar-refractivity contribution in [2.24, 2.45) is 12.8 Å². The van der Waals surface area contributed by atoms with E-state index >= 15 is 0 Å². The first-order valence-corrected chi connectivity index (χ1v) is 11.9. The minimum absolute atomic E-state index is 0.143. The lowest BCUT2D eigenvalue weighted by atomic mass is 10.0. The summed E-state index contributed by atoms with van der Waals surface area (Å²) in [6.07, 6.45) is 3.38. The van der Waals surface area contributed by atoms with E-state index in [1.165, 1.54) is 10.7 Å². The van der Waals surface area contributed by atoms with Gasteiger partial charge in [-0.05, 0) is 38.1 Å². The molecule has 5 rings (SSSR count). The Balaban J connectivity index is 1.54. The van der Waals surface area contributed by atoms with Gasteiger partial charge in [-0.15, -0.1) is 0 Å². The van der Waals surface area contributed by atoms with Gasteiger partial charge in [-0.3, -0.25) is 9.48 Å². The smallest absolute Gasteiger partial charge is 0.316 e. The molecule has 2 aromatic carbocycles. The number of amides is 1. The fraction of sp³-hybridized carbons (Fsp3) is 0.360. The van der Waals surface area contributed by atoms with Crippen LogP contribution in [0.2, 0.25) is 0 Å². The van der Waals surface area contributed by atoms with E-state index in [4.69, 9.17) is 10.5 Å². The Morgan fingerprint density at radius 3 is 2.78 bits per heavy atom. The zero-order valence-corrected chi connectivity index (χ0v) is 20.5. The molecule has 0 unspecified atom stereocenters. The number of nitrogens with two attached hydrogens (primary N) is 1. The topological polar surface area (TPSA) is 123 Å². The molecule has 4 N–H and O–H groups in total. The molecule has 0 bridgehead atoms. The van der Waals surface area contributed by atoms with E-state index in [1.807, 2.05) is 6.07 Å². The molecule has 1 aliphatic rings. The van der Waals surface area contributed by atoms with Gasteiger partial charge in [0, 0.05) is 73.3 Å². The van der Waals surface area contributed by atoms with Crippen LogP contribution in [0, 0.1) is 5.82 Å². The number of ether oxygens (including phenoxy) is 1. The molecule has 1 aliphatic heterocycles. The summed E-state index contributed by atoms with van der Waals surface area (Å²) in [5.74, 6) is -0.926. The van der Waals surface area contributed by atoms with Crippen molar-refractivity contribution in [2.45, 2.75) is 25.9 Å². The molecule has 11 heteroatoms. The van der Waals surface area contributed by atoms with Gasteiger partial charge < -0.3 is 26.0 Å². The van der Waals surface area contributed by atoms with Crippen molar-refractivity contribution in [3.05, 3.63) is 48.0 Å². The Morgan fingerprint density at radius 2 is 2.03 bits per heavy atom. The zero-order chi connectivity index (χ0) is 25.4. The number of aromatic nitrogens is 4. The molecule has 4 aromatic rings. The second-order valence-electron chi connectivity index (χ2n) is 9.21. The maximum atomic E-state index is 14.6. The van der Waals surface area contributed by atoms with Crippen molar-refractivity contribution in [2.75, 3.05) is 36.5 Å². The molecule has 0 spiro atoms. The minimum atomic E-state index is -0.509. The van der Waals surface area contributed by atoms with Crippen molar-refractivity contribution in [1.82, 2.24) is 25.1 Å². The Hall–Kier alpha value is -3.83. The summed E-state index contributed by atoms with van der Waals surface area (Å²) in [5, 5.41) is 11.8. The number of hydrogen-bond donors (Lipinski definition) is 3. The number of nitrogens with one attached hydrogen (secondary N) is 2. The molecule has 36 heavy (non-hydrogen) atoms. The number of carbonyl (C=O) groups excluding carboxylic acids is 1. The predicted octanol–water partition coefficient (Wildman–Crippen LogP) is 2.43. The Kier molecular flexibility index (Phi) is 6.42. The lowest BCUT2D eigenvalue weighted by Gasteiger charge is -2.38. The van der Waals surface area contributed by atoms with Crippen LogP contribution >= 0.6 is 0 Å². The van der Waals surface area contributed by atoms with Crippen LogP contribution in [0.5, 0.6) is 6.01 Å². The molecule has 1 amide bonds. The van der Waals surface area contributed by atoms with Crippen LogP contribution in [0.3, 0.4) is 0 Å². The molecule has 1 fully saturated rings. The van der Waals surface area contributed by atoms with E-state index < -0.39 is 11.7 Å². The molecule has 0 aliphatic carbocycles. The fourth-order valence-corrected chi connectivity index (χ4v) is 4.77. The molecule has 1 saturated heterocycles. The first kappa shape index (κ1) is 23.9. The van der Waals surface area contributed by atoms with Crippen LogP contribution in [0.4, 0.5) is 15.8 Å². The summed E-state index contributed by atoms with van der Waals surface area (Å²) >= 11 is 0. The number of hydrogen-bond acceptors (Lipinski definition) is 8. The summed E-state index contributed by atoms with van der Waals surface area (Å²) in [6.45, 7) is 6.46. The van der Waals surface area contributed by atoms with Crippen molar-refractivity contribution in [3.8, 4) is 6.01 Å². The fourth-order valence-electron chi connectivity index (χ4n) is 4.77. The highest BCUT2D eigenvalue weighted by Crippen LogP contribution is 2.31. The van der Waals surface area contributed by atoms with Gasteiger partial charge in [-0.1, -0.05) is 0 Å². The number of fused-ring (bicyclic) bond motifs is 2. The number of rotatable bonds is 6. The number of aryl methyl sites for hydroxylation is 1. The lowest BCUT2D eigenvalue weighted by Crippen LogP contribution is -2.54. The van der Waals surface area contributed by atoms with Gasteiger partial charge in [0.05, 0.1) is 11.1 Å². The summed E-state index contributed by atoms with van der Waals surface area (Å²) < 4.78 is 21.6. The second-order valence-corrected chi connectivity index (χ2v) is 9.21. The van der Waals surface area contributed by atoms with Gasteiger partial charge in [0.2, 0.25) is 0 Å². The van der Waals surface area contributed by atoms with E-state index in [0.717, 1.165) is 24.2 Å². The molecule has 0 radical (unpaired) electrons. The Morgan fingerprint density at radius 1 is 1.25 bits per heavy atom. The Labute approximate surface area is 207 Å². The molecular formula is C25H29FN8O2. The number of benzene rings is 2. The number of halogens is 1. The monoisotopic (exact) mass is 492 g/mol. The molecule has 2 aromatic heterocycles. The average molecular weight is 493 g/mol. The van der Waals surface area contributed by atoms with Gasteiger partial charge in [0.1, 0.15) is 12.1 Å². The standard InChI is InChI=1S/C25H29FN8O2/c1-14-11-34(12-15(2)29-14)21-5-4-18(23-19(21)10-28-25(31-23)36-7-6-27)24(35)30-17-8-16-13-33(3)32-22(16)20(26)9-17/h4-5,8-10,13-15,29H,6-7,11-12,27H2,1-3H3,(H,30,35)/t14-,15+. The highest BCUT2D eigenvalue weighted by molar-refractivity contribution is 6.14.